The lowest BCUT2D eigenvalue weighted by Gasteiger charge is -2.12. The van der Waals surface area contributed by atoms with Crippen molar-refractivity contribution in [1.29, 1.82) is 5.26 Å². The summed E-state index contributed by atoms with van der Waals surface area (Å²) in [6, 6.07) is 14.5. The Kier molecular flexibility index (Phi) is 3.49. The van der Waals surface area contributed by atoms with Crippen LogP contribution in [0.4, 0.5) is 4.39 Å². The zero-order valence-corrected chi connectivity index (χ0v) is 14.9. The van der Waals surface area contributed by atoms with Gasteiger partial charge in [0.2, 0.25) is 0 Å². The minimum Gasteiger partial charge on any atom is -0.349 e. The molecule has 0 saturated carbocycles. The van der Waals surface area contributed by atoms with E-state index in [2.05, 4.69) is 10.2 Å². The highest BCUT2D eigenvalue weighted by Crippen LogP contribution is 2.38. The van der Waals surface area contributed by atoms with Gasteiger partial charge in [0.25, 0.3) is 0 Å². The van der Waals surface area contributed by atoms with Crippen molar-refractivity contribution in [3.05, 3.63) is 72.4 Å². The molecule has 0 saturated heterocycles. The number of hydrogen-bond donors (Lipinski definition) is 1. The normalized spacial score (nSPS) is 11.2. The van der Waals surface area contributed by atoms with Crippen LogP contribution in [0.2, 0.25) is 0 Å². The van der Waals surface area contributed by atoms with Crippen molar-refractivity contribution in [2.45, 2.75) is 0 Å². The molecular formula is C22H14FN5. The van der Waals surface area contributed by atoms with E-state index in [0.717, 1.165) is 38.6 Å². The van der Waals surface area contributed by atoms with Crippen molar-refractivity contribution in [2.75, 3.05) is 0 Å². The number of aryl methyl sites for hydroxylation is 1. The maximum Gasteiger partial charge on any atom is 0.141 e. The predicted molar refractivity (Wildman–Crippen MR) is 106 cm³/mol. The molecule has 5 aromatic rings. The molecule has 5 rings (SSSR count). The van der Waals surface area contributed by atoms with Crippen LogP contribution in [-0.2, 0) is 7.05 Å². The molecule has 0 aliphatic rings. The van der Waals surface area contributed by atoms with E-state index in [-0.39, 0.29) is 5.56 Å². The molecule has 0 atom stereocenters. The fourth-order valence-electron chi connectivity index (χ4n) is 3.59. The summed E-state index contributed by atoms with van der Waals surface area (Å²) < 4.78 is 16.4. The molecule has 0 unspecified atom stereocenters. The standard InChI is InChI=1S/C22H14FN5/c1-28-7-6-17-20(28)12-25-22(14-4-5-19-16(8-14)11-26-27-19)21(17)13-2-3-15(10-24)18(23)9-13/h2-9,11-12H,1H3,(H,26,27). The number of benzene rings is 2. The summed E-state index contributed by atoms with van der Waals surface area (Å²) in [5, 5.41) is 18.0. The minimum atomic E-state index is -0.538. The Balaban J connectivity index is 1.83. The van der Waals surface area contributed by atoms with Gasteiger partial charge in [0, 0.05) is 35.1 Å². The topological polar surface area (TPSA) is 70.3 Å². The molecule has 0 bridgehead atoms. The molecule has 3 aromatic heterocycles. The Morgan fingerprint density at radius 1 is 1.07 bits per heavy atom. The number of rotatable bonds is 2. The summed E-state index contributed by atoms with van der Waals surface area (Å²) in [6.45, 7) is 0. The number of nitrogens with zero attached hydrogens (tertiary/aromatic N) is 4. The van der Waals surface area contributed by atoms with Gasteiger partial charge in [-0.25, -0.2) is 4.39 Å². The van der Waals surface area contributed by atoms with Crippen LogP contribution < -0.4 is 0 Å². The Morgan fingerprint density at radius 3 is 2.75 bits per heavy atom. The van der Waals surface area contributed by atoms with Gasteiger partial charge in [0.15, 0.2) is 0 Å². The molecule has 0 aliphatic carbocycles. The summed E-state index contributed by atoms with van der Waals surface area (Å²) in [5.74, 6) is -0.538. The number of nitrogens with one attached hydrogen (secondary N) is 1. The fraction of sp³-hybridized carbons (Fsp3) is 0.0455. The van der Waals surface area contributed by atoms with Gasteiger partial charge in [-0.3, -0.25) is 10.1 Å². The molecule has 5 nitrogen and oxygen atoms in total. The van der Waals surface area contributed by atoms with E-state index >= 15 is 0 Å². The first kappa shape index (κ1) is 16.2. The Labute approximate surface area is 159 Å². The third kappa shape index (κ3) is 2.37. The average Bonchev–Trinajstić information content (AvgIpc) is 3.33. The molecule has 2 aromatic carbocycles. The molecule has 0 amide bonds. The first-order chi connectivity index (χ1) is 13.7. The van der Waals surface area contributed by atoms with Crippen LogP contribution in [0, 0.1) is 17.1 Å². The number of fused-ring (bicyclic) bond motifs is 2. The number of H-pyrrole nitrogens is 1. The van der Waals surface area contributed by atoms with Crippen molar-refractivity contribution in [2.24, 2.45) is 7.05 Å². The van der Waals surface area contributed by atoms with Gasteiger partial charge in [-0.05, 0) is 35.9 Å². The first-order valence-electron chi connectivity index (χ1n) is 8.73. The average molecular weight is 367 g/mol. The molecule has 0 aliphatic heterocycles. The van der Waals surface area contributed by atoms with Crippen molar-refractivity contribution in [3.63, 3.8) is 0 Å². The van der Waals surface area contributed by atoms with Crippen LogP contribution in [0.1, 0.15) is 5.56 Å². The monoisotopic (exact) mass is 367 g/mol. The quantitative estimate of drug-likeness (QED) is 0.487. The summed E-state index contributed by atoms with van der Waals surface area (Å²) >= 11 is 0. The van der Waals surface area contributed by atoms with E-state index in [0.29, 0.717) is 5.56 Å². The fourth-order valence-corrected chi connectivity index (χ4v) is 3.59. The van der Waals surface area contributed by atoms with E-state index in [1.165, 1.54) is 12.1 Å². The lowest BCUT2D eigenvalue weighted by molar-refractivity contribution is 0.624. The third-order valence-electron chi connectivity index (χ3n) is 5.03. The summed E-state index contributed by atoms with van der Waals surface area (Å²) in [7, 11) is 1.95. The molecule has 6 heteroatoms. The van der Waals surface area contributed by atoms with Crippen LogP contribution >= 0.6 is 0 Å². The SMILES string of the molecule is Cn1ccc2c(-c3ccc(C#N)c(F)c3)c(-c3ccc4[nH]ncc4c3)ncc21. The number of aromatic nitrogens is 4. The lowest BCUT2D eigenvalue weighted by atomic mass is 9.95. The summed E-state index contributed by atoms with van der Waals surface area (Å²) in [4.78, 5) is 4.71. The maximum absolute atomic E-state index is 14.4. The second-order valence-corrected chi connectivity index (χ2v) is 6.69. The van der Waals surface area contributed by atoms with Crippen molar-refractivity contribution in [3.8, 4) is 28.5 Å². The molecule has 0 spiro atoms. The largest absolute Gasteiger partial charge is 0.349 e. The minimum absolute atomic E-state index is 0.0262. The van der Waals surface area contributed by atoms with Crippen molar-refractivity contribution >= 4 is 21.8 Å². The zero-order chi connectivity index (χ0) is 19.3. The number of halogens is 1. The Hall–Kier alpha value is -3.98. The first-order valence-corrected chi connectivity index (χ1v) is 8.73. The van der Waals surface area contributed by atoms with Crippen LogP contribution in [0.15, 0.2) is 61.1 Å². The predicted octanol–water partition coefficient (Wildman–Crippen LogP) is 4.79. The summed E-state index contributed by atoms with van der Waals surface area (Å²) in [6.07, 6.45) is 5.55. The van der Waals surface area contributed by atoms with Gasteiger partial charge >= 0.3 is 0 Å². The van der Waals surface area contributed by atoms with E-state index in [9.17, 15) is 4.39 Å². The molecule has 1 N–H and O–H groups in total. The van der Waals surface area contributed by atoms with Crippen molar-refractivity contribution < 1.29 is 4.39 Å². The molecular weight excluding hydrogens is 353 g/mol. The van der Waals surface area contributed by atoms with Crippen LogP contribution in [0.25, 0.3) is 44.2 Å². The molecule has 134 valence electrons. The number of nitriles is 1. The lowest BCUT2D eigenvalue weighted by Crippen LogP contribution is -1.94. The second kappa shape index (κ2) is 6.03. The van der Waals surface area contributed by atoms with Gasteiger partial charge in [0.1, 0.15) is 11.9 Å². The number of pyridine rings is 1. The van der Waals surface area contributed by atoms with Crippen LogP contribution in [-0.4, -0.2) is 19.7 Å². The highest BCUT2D eigenvalue weighted by molar-refractivity contribution is 6.02. The van der Waals surface area contributed by atoms with E-state index in [4.69, 9.17) is 10.2 Å². The third-order valence-corrected chi connectivity index (χ3v) is 5.03. The van der Waals surface area contributed by atoms with Crippen LogP contribution in [0.5, 0.6) is 0 Å². The molecule has 0 radical (unpaired) electrons. The number of hydrogen-bond acceptors (Lipinski definition) is 3. The van der Waals surface area contributed by atoms with Crippen LogP contribution in [0.3, 0.4) is 0 Å². The van der Waals surface area contributed by atoms with E-state index in [1.54, 1.807) is 12.3 Å². The van der Waals surface area contributed by atoms with E-state index in [1.807, 2.05) is 54.3 Å². The highest BCUT2D eigenvalue weighted by atomic mass is 19.1. The zero-order valence-electron chi connectivity index (χ0n) is 14.9. The van der Waals surface area contributed by atoms with Crippen molar-refractivity contribution in [1.82, 2.24) is 19.7 Å². The van der Waals surface area contributed by atoms with Gasteiger partial charge in [-0.2, -0.15) is 10.4 Å². The smallest absolute Gasteiger partial charge is 0.141 e. The molecule has 28 heavy (non-hydrogen) atoms. The van der Waals surface area contributed by atoms with Gasteiger partial charge in [-0.15, -0.1) is 0 Å². The second-order valence-electron chi connectivity index (χ2n) is 6.69. The van der Waals surface area contributed by atoms with E-state index < -0.39 is 5.82 Å². The Bertz CT molecular complexity index is 1400. The number of aromatic amines is 1. The molecule has 3 heterocycles. The highest BCUT2D eigenvalue weighted by Gasteiger charge is 2.17. The van der Waals surface area contributed by atoms with Gasteiger partial charge in [-0.1, -0.05) is 12.1 Å². The maximum atomic E-state index is 14.4. The summed E-state index contributed by atoms with van der Waals surface area (Å²) in [5.41, 5.74) is 5.11. The van der Waals surface area contributed by atoms with Gasteiger partial charge < -0.3 is 4.57 Å². The molecule has 0 fully saturated rings. The Morgan fingerprint density at radius 2 is 1.93 bits per heavy atom. The van der Waals surface area contributed by atoms with Gasteiger partial charge in [0.05, 0.1) is 34.7 Å².